The highest BCUT2D eigenvalue weighted by atomic mass is 35.5. The molecule has 0 saturated heterocycles. The molecule has 0 fully saturated rings. The molecule has 0 aliphatic heterocycles. The average Bonchev–Trinajstić information content (AvgIpc) is 2.15. The first-order chi connectivity index (χ1) is 6.24. The Morgan fingerprint density at radius 3 is 2.54 bits per heavy atom. The van der Waals surface area contributed by atoms with Crippen LogP contribution in [-0.2, 0) is 0 Å². The van der Waals surface area contributed by atoms with Crippen LogP contribution in [0, 0.1) is 0 Å². The minimum atomic E-state index is 0.165. The number of benzene rings is 1. The van der Waals surface area contributed by atoms with Gasteiger partial charge in [-0.15, -0.1) is 0 Å². The molecule has 1 aromatic carbocycles. The Kier molecular flexibility index (Phi) is 4.22. The molecule has 0 amide bonds. The molecule has 0 aliphatic rings. The van der Waals surface area contributed by atoms with Crippen molar-refractivity contribution in [1.29, 1.82) is 0 Å². The molecule has 0 heterocycles. The topological polar surface area (TPSA) is 32.3 Å². The normalized spacial score (nSPS) is 12.8. The molecule has 0 spiro atoms. The average molecular weight is 200 g/mol. The number of aliphatic hydroxyl groups excluding tert-OH is 1. The lowest BCUT2D eigenvalue weighted by molar-refractivity contribution is 0.286. The first kappa shape index (κ1) is 10.5. The molecule has 1 rings (SSSR count). The van der Waals surface area contributed by atoms with Crippen molar-refractivity contribution >= 4 is 11.6 Å². The minimum absolute atomic E-state index is 0.165. The molecule has 0 radical (unpaired) electrons. The second-order valence-electron chi connectivity index (χ2n) is 2.95. The van der Waals surface area contributed by atoms with Crippen LogP contribution in [0.1, 0.15) is 18.5 Å². The lowest BCUT2D eigenvalue weighted by atomic mass is 10.1. The van der Waals surface area contributed by atoms with Crippen molar-refractivity contribution in [3.05, 3.63) is 34.9 Å². The zero-order valence-corrected chi connectivity index (χ0v) is 8.38. The Bertz CT molecular complexity index is 248. The van der Waals surface area contributed by atoms with E-state index in [0.29, 0.717) is 6.54 Å². The molecule has 0 aromatic heterocycles. The number of aliphatic hydroxyl groups is 1. The van der Waals surface area contributed by atoms with Crippen LogP contribution in [0.25, 0.3) is 0 Å². The van der Waals surface area contributed by atoms with E-state index in [2.05, 4.69) is 12.2 Å². The number of hydrogen-bond acceptors (Lipinski definition) is 2. The summed E-state index contributed by atoms with van der Waals surface area (Å²) >= 11 is 5.76. The van der Waals surface area contributed by atoms with E-state index in [4.69, 9.17) is 16.7 Å². The van der Waals surface area contributed by atoms with Crippen LogP contribution in [0.5, 0.6) is 0 Å². The highest BCUT2D eigenvalue weighted by Crippen LogP contribution is 2.15. The molecule has 13 heavy (non-hydrogen) atoms. The van der Waals surface area contributed by atoms with Gasteiger partial charge in [0.15, 0.2) is 0 Å². The minimum Gasteiger partial charge on any atom is -0.395 e. The number of nitrogens with one attached hydrogen (secondary N) is 1. The van der Waals surface area contributed by atoms with Crippen molar-refractivity contribution in [2.75, 3.05) is 13.2 Å². The van der Waals surface area contributed by atoms with Crippen molar-refractivity contribution in [2.24, 2.45) is 0 Å². The molecule has 2 nitrogen and oxygen atoms in total. The Morgan fingerprint density at radius 2 is 2.00 bits per heavy atom. The predicted octanol–water partition coefficient (Wildman–Crippen LogP) is 1.98. The number of hydrogen-bond donors (Lipinski definition) is 2. The standard InChI is InChI=1S/C10H14ClNO/c1-8(12-6-7-13)9-2-4-10(11)5-3-9/h2-5,8,12-13H,6-7H2,1H3/t8-/m1/s1. The maximum atomic E-state index is 8.62. The van der Waals surface area contributed by atoms with Gasteiger partial charge in [-0.3, -0.25) is 0 Å². The van der Waals surface area contributed by atoms with Crippen molar-refractivity contribution < 1.29 is 5.11 Å². The lowest BCUT2D eigenvalue weighted by Gasteiger charge is -2.12. The monoisotopic (exact) mass is 199 g/mol. The van der Waals surface area contributed by atoms with E-state index in [1.54, 1.807) is 0 Å². The third-order valence-corrected chi connectivity index (χ3v) is 2.18. The first-order valence-corrected chi connectivity index (χ1v) is 4.71. The zero-order valence-electron chi connectivity index (χ0n) is 7.63. The fourth-order valence-electron chi connectivity index (χ4n) is 1.15. The van der Waals surface area contributed by atoms with Gasteiger partial charge in [0.2, 0.25) is 0 Å². The Morgan fingerprint density at radius 1 is 1.38 bits per heavy atom. The lowest BCUT2D eigenvalue weighted by Crippen LogP contribution is -2.21. The van der Waals surface area contributed by atoms with Gasteiger partial charge in [0, 0.05) is 17.6 Å². The third kappa shape index (κ3) is 3.35. The van der Waals surface area contributed by atoms with E-state index in [-0.39, 0.29) is 12.6 Å². The van der Waals surface area contributed by atoms with Crippen LogP contribution in [0.15, 0.2) is 24.3 Å². The van der Waals surface area contributed by atoms with E-state index in [0.717, 1.165) is 5.02 Å². The zero-order chi connectivity index (χ0) is 9.68. The molecule has 1 atom stereocenters. The third-order valence-electron chi connectivity index (χ3n) is 1.93. The summed E-state index contributed by atoms with van der Waals surface area (Å²) in [5.74, 6) is 0. The quantitative estimate of drug-likeness (QED) is 0.778. The second kappa shape index (κ2) is 5.22. The summed E-state index contributed by atoms with van der Waals surface area (Å²) in [4.78, 5) is 0. The Balaban J connectivity index is 2.55. The predicted molar refractivity (Wildman–Crippen MR) is 55.0 cm³/mol. The number of halogens is 1. The molecule has 1 aromatic rings. The van der Waals surface area contributed by atoms with Crippen LogP contribution in [0.3, 0.4) is 0 Å². The van der Waals surface area contributed by atoms with Crippen molar-refractivity contribution in [2.45, 2.75) is 13.0 Å². The summed E-state index contributed by atoms with van der Waals surface area (Å²) in [6, 6.07) is 7.96. The van der Waals surface area contributed by atoms with Gasteiger partial charge in [0.1, 0.15) is 0 Å². The molecule has 0 saturated carbocycles. The molecule has 0 aliphatic carbocycles. The van der Waals surface area contributed by atoms with Crippen LogP contribution < -0.4 is 5.32 Å². The van der Waals surface area contributed by atoms with Crippen LogP contribution in [0.4, 0.5) is 0 Å². The summed E-state index contributed by atoms with van der Waals surface area (Å²) < 4.78 is 0. The van der Waals surface area contributed by atoms with Gasteiger partial charge in [-0.1, -0.05) is 23.7 Å². The highest BCUT2D eigenvalue weighted by Gasteiger charge is 2.02. The maximum Gasteiger partial charge on any atom is 0.0556 e. The number of rotatable bonds is 4. The van der Waals surface area contributed by atoms with Gasteiger partial charge in [0.05, 0.1) is 6.61 Å². The molecular formula is C10H14ClNO. The van der Waals surface area contributed by atoms with Gasteiger partial charge in [-0.05, 0) is 24.6 Å². The van der Waals surface area contributed by atoms with Gasteiger partial charge in [-0.25, -0.2) is 0 Å². The smallest absolute Gasteiger partial charge is 0.0556 e. The van der Waals surface area contributed by atoms with Gasteiger partial charge in [0.25, 0.3) is 0 Å². The molecule has 0 unspecified atom stereocenters. The Hall–Kier alpha value is -0.570. The summed E-state index contributed by atoms with van der Waals surface area (Å²) in [6.45, 7) is 2.83. The summed E-state index contributed by atoms with van der Waals surface area (Å²) in [6.07, 6.45) is 0. The fraction of sp³-hybridized carbons (Fsp3) is 0.400. The van der Waals surface area contributed by atoms with Gasteiger partial charge in [-0.2, -0.15) is 0 Å². The van der Waals surface area contributed by atoms with Crippen LogP contribution in [0.2, 0.25) is 5.02 Å². The molecule has 0 bridgehead atoms. The van der Waals surface area contributed by atoms with E-state index in [9.17, 15) is 0 Å². The molecule has 72 valence electrons. The van der Waals surface area contributed by atoms with Crippen molar-refractivity contribution in [1.82, 2.24) is 5.32 Å². The maximum absolute atomic E-state index is 8.62. The molecule has 2 N–H and O–H groups in total. The highest BCUT2D eigenvalue weighted by molar-refractivity contribution is 6.30. The SMILES string of the molecule is C[C@@H](NCCO)c1ccc(Cl)cc1. The van der Waals surface area contributed by atoms with Crippen molar-refractivity contribution in [3.63, 3.8) is 0 Å². The van der Waals surface area contributed by atoms with E-state index in [1.807, 2.05) is 24.3 Å². The summed E-state index contributed by atoms with van der Waals surface area (Å²) in [7, 11) is 0. The molecular weight excluding hydrogens is 186 g/mol. The molecule has 3 heteroatoms. The largest absolute Gasteiger partial charge is 0.395 e. The van der Waals surface area contributed by atoms with Crippen LogP contribution >= 0.6 is 11.6 Å². The Labute approximate surface area is 83.5 Å². The van der Waals surface area contributed by atoms with E-state index in [1.165, 1.54) is 5.56 Å². The summed E-state index contributed by atoms with van der Waals surface area (Å²) in [5, 5.41) is 12.5. The first-order valence-electron chi connectivity index (χ1n) is 4.33. The van der Waals surface area contributed by atoms with Crippen molar-refractivity contribution in [3.8, 4) is 0 Å². The fourth-order valence-corrected chi connectivity index (χ4v) is 1.28. The summed E-state index contributed by atoms with van der Waals surface area (Å²) in [5.41, 5.74) is 1.18. The van der Waals surface area contributed by atoms with Gasteiger partial charge >= 0.3 is 0 Å². The van der Waals surface area contributed by atoms with Crippen LogP contribution in [-0.4, -0.2) is 18.3 Å². The van der Waals surface area contributed by atoms with E-state index < -0.39 is 0 Å². The van der Waals surface area contributed by atoms with E-state index >= 15 is 0 Å². The van der Waals surface area contributed by atoms with Gasteiger partial charge < -0.3 is 10.4 Å². The second-order valence-corrected chi connectivity index (χ2v) is 3.39.